The molecule has 0 bridgehead atoms. The number of hydrogen-bond acceptors (Lipinski definition) is 4. The summed E-state index contributed by atoms with van der Waals surface area (Å²) in [6.45, 7) is 4.06. The molecule has 0 unspecified atom stereocenters. The number of rotatable bonds is 8. The van der Waals surface area contributed by atoms with Gasteiger partial charge in [0.2, 0.25) is 15.9 Å². The number of amides is 1. The van der Waals surface area contributed by atoms with Crippen molar-refractivity contribution in [2.45, 2.75) is 13.8 Å². The monoisotopic (exact) mass is 426 g/mol. The van der Waals surface area contributed by atoms with E-state index in [9.17, 15) is 13.2 Å². The molecule has 30 heavy (non-hydrogen) atoms. The smallest absolute Gasteiger partial charge is 0.240 e. The number of fused-ring (bicyclic) bond motifs is 1. The Morgan fingerprint density at radius 1 is 0.967 bits per heavy atom. The maximum absolute atomic E-state index is 12.4. The number of hydrogen-bond donors (Lipinski definition) is 1. The first-order chi connectivity index (χ1) is 14.2. The van der Waals surface area contributed by atoms with Gasteiger partial charge in [0, 0.05) is 0 Å². The van der Waals surface area contributed by atoms with E-state index in [2.05, 4.69) is 5.32 Å². The van der Waals surface area contributed by atoms with Crippen molar-refractivity contribution in [2.24, 2.45) is 0 Å². The number of aryl methyl sites for hydroxylation is 2. The summed E-state index contributed by atoms with van der Waals surface area (Å²) in [5.74, 6) is 0.331. The second-order valence-electron chi connectivity index (χ2n) is 7.32. The third-order valence-corrected chi connectivity index (χ3v) is 5.74. The lowest BCUT2D eigenvalue weighted by Crippen LogP contribution is -2.41. The lowest BCUT2D eigenvalue weighted by molar-refractivity contribution is -0.119. The molecule has 0 heterocycles. The number of anilines is 1. The third kappa shape index (κ3) is 5.73. The lowest BCUT2D eigenvalue weighted by Gasteiger charge is -2.22. The lowest BCUT2D eigenvalue weighted by atomic mass is 10.1. The van der Waals surface area contributed by atoms with Gasteiger partial charge in [0.15, 0.2) is 0 Å². The van der Waals surface area contributed by atoms with Crippen molar-refractivity contribution < 1.29 is 17.9 Å². The molecule has 158 valence electrons. The van der Waals surface area contributed by atoms with Crippen LogP contribution in [0.2, 0.25) is 0 Å². The summed E-state index contributed by atoms with van der Waals surface area (Å²) in [4.78, 5) is 12.4. The van der Waals surface area contributed by atoms with Gasteiger partial charge in [0.1, 0.15) is 18.9 Å². The summed E-state index contributed by atoms with van der Waals surface area (Å²) < 4.78 is 31.3. The Morgan fingerprint density at radius 2 is 1.63 bits per heavy atom. The summed E-state index contributed by atoms with van der Waals surface area (Å²) in [5, 5.41) is 4.93. The van der Waals surface area contributed by atoms with Crippen LogP contribution in [0.3, 0.4) is 0 Å². The van der Waals surface area contributed by atoms with E-state index in [1.165, 1.54) is 0 Å². The molecular weight excluding hydrogens is 400 g/mol. The number of nitrogens with zero attached hydrogens (tertiary/aromatic N) is 1. The van der Waals surface area contributed by atoms with Crippen LogP contribution in [0, 0.1) is 13.8 Å². The highest BCUT2D eigenvalue weighted by Crippen LogP contribution is 2.21. The van der Waals surface area contributed by atoms with E-state index in [1.54, 1.807) is 12.1 Å². The van der Waals surface area contributed by atoms with Crippen LogP contribution in [0.1, 0.15) is 11.1 Å². The van der Waals surface area contributed by atoms with Gasteiger partial charge in [-0.25, -0.2) is 8.42 Å². The summed E-state index contributed by atoms with van der Waals surface area (Å²) in [5.41, 5.74) is 2.35. The Labute approximate surface area is 177 Å². The zero-order valence-electron chi connectivity index (χ0n) is 17.4. The summed E-state index contributed by atoms with van der Waals surface area (Å²) in [6.07, 6.45) is 1.10. The van der Waals surface area contributed by atoms with Crippen LogP contribution in [-0.4, -0.2) is 40.3 Å². The molecular formula is C23H26N2O4S. The SMILES string of the molecule is Cc1cc(C)cc(N(CC(=O)NCCOc2ccc3ccccc3c2)S(C)(=O)=O)c1. The molecule has 0 aromatic heterocycles. The third-order valence-electron chi connectivity index (χ3n) is 4.60. The van der Waals surface area contributed by atoms with Crippen molar-refractivity contribution in [3.05, 3.63) is 71.8 Å². The Hall–Kier alpha value is -3.06. The molecule has 0 aliphatic heterocycles. The van der Waals surface area contributed by atoms with E-state index < -0.39 is 10.0 Å². The molecule has 0 radical (unpaired) electrons. The van der Waals surface area contributed by atoms with Crippen molar-refractivity contribution in [1.82, 2.24) is 5.32 Å². The van der Waals surface area contributed by atoms with Gasteiger partial charge in [-0.05, 0) is 60.0 Å². The molecule has 3 aromatic rings. The average molecular weight is 427 g/mol. The fraction of sp³-hybridized carbons (Fsp3) is 0.261. The van der Waals surface area contributed by atoms with Gasteiger partial charge in [-0.3, -0.25) is 9.10 Å². The standard InChI is InChI=1S/C23H26N2O4S/c1-17-12-18(2)14-21(13-17)25(30(3,27)28)16-23(26)24-10-11-29-22-9-8-19-6-4-5-7-20(19)15-22/h4-9,12-15H,10-11,16H2,1-3H3,(H,24,26). The van der Waals surface area contributed by atoms with E-state index in [-0.39, 0.29) is 25.6 Å². The summed E-state index contributed by atoms with van der Waals surface area (Å²) in [7, 11) is -3.60. The van der Waals surface area contributed by atoms with E-state index in [4.69, 9.17) is 4.74 Å². The molecule has 0 fully saturated rings. The number of carbonyl (C=O) groups is 1. The molecule has 0 saturated heterocycles. The number of benzene rings is 3. The van der Waals surface area contributed by atoms with E-state index in [1.807, 2.05) is 62.4 Å². The molecule has 3 rings (SSSR count). The molecule has 3 aromatic carbocycles. The highest BCUT2D eigenvalue weighted by atomic mass is 32.2. The van der Waals surface area contributed by atoms with Crippen molar-refractivity contribution in [2.75, 3.05) is 30.3 Å². The molecule has 6 nitrogen and oxygen atoms in total. The first kappa shape index (κ1) is 21.6. The largest absolute Gasteiger partial charge is 0.492 e. The quantitative estimate of drug-likeness (QED) is 0.560. The minimum atomic E-state index is -3.60. The topological polar surface area (TPSA) is 75.7 Å². The van der Waals surface area contributed by atoms with Gasteiger partial charge >= 0.3 is 0 Å². The number of ether oxygens (including phenoxy) is 1. The zero-order chi connectivity index (χ0) is 21.7. The fourth-order valence-electron chi connectivity index (χ4n) is 3.30. The van der Waals surface area contributed by atoms with Gasteiger partial charge in [0.25, 0.3) is 0 Å². The second-order valence-corrected chi connectivity index (χ2v) is 9.23. The predicted molar refractivity (Wildman–Crippen MR) is 121 cm³/mol. The van der Waals surface area contributed by atoms with E-state index in [0.29, 0.717) is 5.69 Å². The van der Waals surface area contributed by atoms with Crippen LogP contribution in [0.5, 0.6) is 5.75 Å². The van der Waals surface area contributed by atoms with Crippen LogP contribution in [-0.2, 0) is 14.8 Å². The maximum Gasteiger partial charge on any atom is 0.240 e. The Kier molecular flexibility index (Phi) is 6.62. The van der Waals surface area contributed by atoms with Crippen LogP contribution >= 0.6 is 0 Å². The Balaban J connectivity index is 1.56. The molecule has 1 N–H and O–H groups in total. The van der Waals surface area contributed by atoms with Crippen LogP contribution in [0.25, 0.3) is 10.8 Å². The van der Waals surface area contributed by atoms with Crippen molar-refractivity contribution in [3.63, 3.8) is 0 Å². The molecule has 7 heteroatoms. The van der Waals surface area contributed by atoms with Gasteiger partial charge in [-0.2, -0.15) is 0 Å². The van der Waals surface area contributed by atoms with E-state index in [0.717, 1.165) is 38.2 Å². The Bertz CT molecular complexity index is 1140. The highest BCUT2D eigenvalue weighted by molar-refractivity contribution is 7.92. The molecule has 0 aliphatic rings. The fourth-order valence-corrected chi connectivity index (χ4v) is 4.14. The van der Waals surface area contributed by atoms with Gasteiger partial charge in [-0.1, -0.05) is 36.4 Å². The normalized spacial score (nSPS) is 11.3. The molecule has 0 atom stereocenters. The maximum atomic E-state index is 12.4. The number of sulfonamides is 1. The predicted octanol–water partition coefficient (Wildman–Crippen LogP) is 3.42. The summed E-state index contributed by atoms with van der Waals surface area (Å²) >= 11 is 0. The highest BCUT2D eigenvalue weighted by Gasteiger charge is 2.21. The second kappa shape index (κ2) is 9.17. The minimum Gasteiger partial charge on any atom is -0.492 e. The van der Waals surface area contributed by atoms with Gasteiger partial charge < -0.3 is 10.1 Å². The van der Waals surface area contributed by atoms with Crippen LogP contribution in [0.15, 0.2) is 60.7 Å². The van der Waals surface area contributed by atoms with Gasteiger partial charge in [-0.15, -0.1) is 0 Å². The van der Waals surface area contributed by atoms with Crippen LogP contribution in [0.4, 0.5) is 5.69 Å². The van der Waals surface area contributed by atoms with Crippen LogP contribution < -0.4 is 14.4 Å². The Morgan fingerprint density at radius 3 is 2.30 bits per heavy atom. The van der Waals surface area contributed by atoms with Crippen molar-refractivity contribution in [3.8, 4) is 5.75 Å². The first-order valence-electron chi connectivity index (χ1n) is 9.67. The zero-order valence-corrected chi connectivity index (χ0v) is 18.2. The number of nitrogens with one attached hydrogen (secondary N) is 1. The number of carbonyl (C=O) groups excluding carboxylic acids is 1. The van der Waals surface area contributed by atoms with E-state index >= 15 is 0 Å². The average Bonchev–Trinajstić information content (AvgIpc) is 2.67. The molecule has 0 spiro atoms. The van der Waals surface area contributed by atoms with Crippen molar-refractivity contribution in [1.29, 1.82) is 0 Å². The first-order valence-corrected chi connectivity index (χ1v) is 11.5. The molecule has 1 amide bonds. The molecule has 0 saturated carbocycles. The summed E-state index contributed by atoms with van der Waals surface area (Å²) in [6, 6.07) is 19.3. The van der Waals surface area contributed by atoms with Gasteiger partial charge in [0.05, 0.1) is 18.5 Å². The molecule has 0 aliphatic carbocycles. The minimum absolute atomic E-state index is 0.274. The van der Waals surface area contributed by atoms with Crippen molar-refractivity contribution >= 4 is 32.4 Å².